The molecule has 0 atom stereocenters. The second kappa shape index (κ2) is 6.46. The van der Waals surface area contributed by atoms with E-state index in [4.69, 9.17) is 0 Å². The van der Waals surface area contributed by atoms with Gasteiger partial charge in [0.1, 0.15) is 4.88 Å². The predicted octanol–water partition coefficient (Wildman–Crippen LogP) is 3.83. The third kappa shape index (κ3) is 3.10. The molecule has 1 amide bonds. The maximum atomic E-state index is 12.7. The Morgan fingerprint density at radius 3 is 2.83 bits per heavy atom. The van der Waals surface area contributed by atoms with Crippen molar-refractivity contribution in [3.63, 3.8) is 0 Å². The van der Waals surface area contributed by atoms with Crippen molar-refractivity contribution in [1.82, 2.24) is 14.9 Å². The minimum Gasteiger partial charge on any atom is -0.337 e. The molecule has 0 unspecified atom stereocenters. The van der Waals surface area contributed by atoms with Crippen LogP contribution in [0, 0.1) is 6.92 Å². The molecule has 5 heteroatoms. The van der Waals surface area contributed by atoms with Crippen molar-refractivity contribution >= 4 is 28.1 Å². The minimum absolute atomic E-state index is 0.0283. The molecular formula is C18H19N3OS. The smallest absolute Gasteiger partial charge is 0.265 e. The zero-order valence-electron chi connectivity index (χ0n) is 13.5. The number of nitrogens with zero attached hydrogens (tertiary/aromatic N) is 3. The Morgan fingerprint density at radius 1 is 1.26 bits per heavy atom. The van der Waals surface area contributed by atoms with E-state index in [1.807, 2.05) is 44.3 Å². The molecule has 0 aliphatic rings. The fourth-order valence-electron chi connectivity index (χ4n) is 2.61. The van der Waals surface area contributed by atoms with Crippen molar-refractivity contribution in [2.45, 2.75) is 26.8 Å². The van der Waals surface area contributed by atoms with E-state index in [-0.39, 0.29) is 5.91 Å². The highest BCUT2D eigenvalue weighted by atomic mass is 32.1. The summed E-state index contributed by atoms with van der Waals surface area (Å²) in [6.45, 7) is 4.51. The first-order chi connectivity index (χ1) is 11.1. The van der Waals surface area contributed by atoms with Crippen LogP contribution in [-0.4, -0.2) is 27.8 Å². The molecule has 2 heterocycles. The first-order valence-corrected chi connectivity index (χ1v) is 8.46. The van der Waals surface area contributed by atoms with Crippen LogP contribution in [-0.2, 0) is 13.0 Å². The maximum Gasteiger partial charge on any atom is 0.265 e. The third-order valence-corrected chi connectivity index (χ3v) is 5.12. The first kappa shape index (κ1) is 15.6. The molecular weight excluding hydrogens is 306 g/mol. The molecule has 23 heavy (non-hydrogen) atoms. The van der Waals surface area contributed by atoms with E-state index in [0.717, 1.165) is 38.5 Å². The lowest BCUT2D eigenvalue weighted by Gasteiger charge is -2.17. The fourth-order valence-corrected chi connectivity index (χ4v) is 3.61. The number of amides is 1. The number of hydrogen-bond acceptors (Lipinski definition) is 4. The molecule has 0 spiro atoms. The molecule has 0 saturated heterocycles. The van der Waals surface area contributed by atoms with Crippen molar-refractivity contribution in [3.05, 3.63) is 57.7 Å². The highest BCUT2D eigenvalue weighted by Gasteiger charge is 2.19. The molecule has 118 valence electrons. The quantitative estimate of drug-likeness (QED) is 0.732. The molecule has 4 nitrogen and oxygen atoms in total. The summed E-state index contributed by atoms with van der Waals surface area (Å²) in [5.74, 6) is 0.0283. The molecule has 1 aromatic carbocycles. The summed E-state index contributed by atoms with van der Waals surface area (Å²) in [7, 11) is 1.84. The van der Waals surface area contributed by atoms with Crippen LogP contribution in [0.25, 0.3) is 10.9 Å². The second-order valence-corrected chi connectivity index (χ2v) is 6.61. The number of benzene rings is 1. The highest BCUT2D eigenvalue weighted by Crippen LogP contribution is 2.22. The fraction of sp³-hybridized carbons (Fsp3) is 0.278. The van der Waals surface area contributed by atoms with Gasteiger partial charge in [0.05, 0.1) is 16.2 Å². The molecule has 3 aromatic rings. The van der Waals surface area contributed by atoms with Crippen LogP contribution in [0.15, 0.2) is 36.5 Å². The number of fused-ring (bicyclic) bond motifs is 1. The van der Waals surface area contributed by atoms with Crippen LogP contribution in [0.4, 0.5) is 0 Å². The maximum absolute atomic E-state index is 12.7. The molecule has 0 aliphatic heterocycles. The van der Waals surface area contributed by atoms with Gasteiger partial charge in [-0.1, -0.05) is 25.1 Å². The SMILES string of the molecule is CCc1nc(C)c(C(=O)N(C)Cc2cccc3ncccc23)s1. The topological polar surface area (TPSA) is 46.1 Å². The van der Waals surface area contributed by atoms with E-state index < -0.39 is 0 Å². The number of hydrogen-bond donors (Lipinski definition) is 0. The lowest BCUT2D eigenvalue weighted by Crippen LogP contribution is -2.26. The van der Waals surface area contributed by atoms with E-state index in [1.165, 1.54) is 11.3 Å². The molecule has 2 aromatic heterocycles. The number of pyridine rings is 1. The van der Waals surface area contributed by atoms with Gasteiger partial charge in [-0.05, 0) is 31.0 Å². The first-order valence-electron chi connectivity index (χ1n) is 7.64. The summed E-state index contributed by atoms with van der Waals surface area (Å²) < 4.78 is 0. The number of carbonyl (C=O) groups is 1. The number of rotatable bonds is 4. The molecule has 3 rings (SSSR count). The predicted molar refractivity (Wildman–Crippen MR) is 93.8 cm³/mol. The average molecular weight is 325 g/mol. The van der Waals surface area contributed by atoms with E-state index >= 15 is 0 Å². The number of carbonyl (C=O) groups excluding carboxylic acids is 1. The summed E-state index contributed by atoms with van der Waals surface area (Å²) in [5.41, 5.74) is 2.88. The Labute approximate surface area is 139 Å². The van der Waals surface area contributed by atoms with Gasteiger partial charge in [0.25, 0.3) is 5.91 Å². The van der Waals surface area contributed by atoms with Gasteiger partial charge < -0.3 is 4.90 Å². The third-order valence-electron chi connectivity index (χ3n) is 3.83. The van der Waals surface area contributed by atoms with E-state index in [2.05, 4.69) is 16.9 Å². The summed E-state index contributed by atoms with van der Waals surface area (Å²) in [4.78, 5) is 24.0. The summed E-state index contributed by atoms with van der Waals surface area (Å²) in [5, 5.41) is 2.10. The zero-order valence-corrected chi connectivity index (χ0v) is 14.4. The van der Waals surface area contributed by atoms with Crippen molar-refractivity contribution in [1.29, 1.82) is 0 Å². The Balaban J connectivity index is 1.86. The van der Waals surface area contributed by atoms with Crippen LogP contribution < -0.4 is 0 Å². The Morgan fingerprint density at radius 2 is 2.09 bits per heavy atom. The van der Waals surface area contributed by atoms with Crippen LogP contribution >= 0.6 is 11.3 Å². The average Bonchev–Trinajstić information content (AvgIpc) is 2.95. The minimum atomic E-state index is 0.0283. The number of aromatic nitrogens is 2. The van der Waals surface area contributed by atoms with Gasteiger partial charge >= 0.3 is 0 Å². The van der Waals surface area contributed by atoms with Crippen LogP contribution in [0.2, 0.25) is 0 Å². The van der Waals surface area contributed by atoms with Crippen LogP contribution in [0.1, 0.15) is 32.9 Å². The molecule has 0 saturated carbocycles. The van der Waals surface area contributed by atoms with E-state index in [1.54, 1.807) is 11.1 Å². The molecule has 0 N–H and O–H groups in total. The monoisotopic (exact) mass is 325 g/mol. The summed E-state index contributed by atoms with van der Waals surface area (Å²) >= 11 is 1.50. The van der Waals surface area contributed by atoms with Gasteiger partial charge in [-0.25, -0.2) is 4.98 Å². The molecule has 0 aliphatic carbocycles. The Hall–Kier alpha value is -2.27. The Kier molecular flexibility index (Phi) is 4.39. The van der Waals surface area contributed by atoms with Gasteiger partial charge in [-0.15, -0.1) is 11.3 Å². The highest BCUT2D eigenvalue weighted by molar-refractivity contribution is 7.13. The van der Waals surface area contributed by atoms with Crippen molar-refractivity contribution < 1.29 is 4.79 Å². The van der Waals surface area contributed by atoms with Gasteiger partial charge in [-0.2, -0.15) is 0 Å². The van der Waals surface area contributed by atoms with Gasteiger partial charge in [0.15, 0.2) is 0 Å². The summed E-state index contributed by atoms with van der Waals surface area (Å²) in [6.07, 6.45) is 2.64. The number of aryl methyl sites for hydroxylation is 2. The standard InChI is InChI=1S/C18H19N3OS/c1-4-16-20-12(2)17(23-16)18(22)21(3)11-13-7-5-9-15-14(13)8-6-10-19-15/h5-10H,4,11H2,1-3H3. The van der Waals surface area contributed by atoms with Gasteiger partial charge in [0, 0.05) is 25.2 Å². The Bertz CT molecular complexity index is 851. The van der Waals surface area contributed by atoms with Gasteiger partial charge in [0.2, 0.25) is 0 Å². The lowest BCUT2D eigenvalue weighted by atomic mass is 10.1. The van der Waals surface area contributed by atoms with Crippen molar-refractivity contribution in [2.24, 2.45) is 0 Å². The number of thiazole rings is 1. The summed E-state index contributed by atoms with van der Waals surface area (Å²) in [6, 6.07) is 9.99. The lowest BCUT2D eigenvalue weighted by molar-refractivity contribution is 0.0789. The van der Waals surface area contributed by atoms with Crippen LogP contribution in [0.5, 0.6) is 0 Å². The largest absolute Gasteiger partial charge is 0.337 e. The molecule has 0 radical (unpaired) electrons. The molecule has 0 bridgehead atoms. The van der Waals surface area contributed by atoms with Crippen molar-refractivity contribution in [2.75, 3.05) is 7.05 Å². The molecule has 0 fully saturated rings. The van der Waals surface area contributed by atoms with Crippen LogP contribution in [0.3, 0.4) is 0 Å². The van der Waals surface area contributed by atoms with Gasteiger partial charge in [-0.3, -0.25) is 9.78 Å². The normalized spacial score (nSPS) is 10.9. The zero-order chi connectivity index (χ0) is 16.4. The van der Waals surface area contributed by atoms with E-state index in [0.29, 0.717) is 6.54 Å². The second-order valence-electron chi connectivity index (χ2n) is 5.52. The van der Waals surface area contributed by atoms with E-state index in [9.17, 15) is 4.79 Å². The van der Waals surface area contributed by atoms with Crippen molar-refractivity contribution in [3.8, 4) is 0 Å².